The molecular weight excluding hydrogens is 431 g/mol. The standard InChI is InChI=1S/C26H29FN6O/c1-18(16-32(2)3)30-10-8-24(31-17-29)21-12-20-9-11-33(26(20)22(13-21)15-28)25(34)14-19-6-4-5-7-23(19)27/h4-8,10,12-13,17-18H,9,11,14,16H2,1-3H3,(H2,29,31)/b24-8-,30-10?. The predicted molar refractivity (Wildman–Crippen MR) is 134 cm³/mol. The smallest absolute Gasteiger partial charge is 0.231 e. The van der Waals surface area contributed by atoms with Crippen LogP contribution in [-0.2, 0) is 17.6 Å². The van der Waals surface area contributed by atoms with Crippen LogP contribution in [-0.4, -0.2) is 56.6 Å². The molecular formula is C26H29FN6O. The monoisotopic (exact) mass is 460 g/mol. The maximum absolute atomic E-state index is 14.0. The van der Waals surface area contributed by atoms with Crippen molar-refractivity contribution < 1.29 is 9.18 Å². The molecule has 1 aliphatic heterocycles. The van der Waals surface area contributed by atoms with Crippen molar-refractivity contribution in [1.82, 2.24) is 4.90 Å². The van der Waals surface area contributed by atoms with Gasteiger partial charge in [-0.05, 0) is 62.8 Å². The van der Waals surface area contributed by atoms with Gasteiger partial charge < -0.3 is 15.5 Å². The number of fused-ring (bicyclic) bond motifs is 1. The number of carbonyl (C=O) groups excluding carboxylic acids is 1. The number of aliphatic imine (C=N–C) groups is 2. The topological polar surface area (TPSA) is 98.1 Å². The minimum atomic E-state index is -0.415. The maximum atomic E-state index is 14.0. The van der Waals surface area contributed by atoms with Crippen LogP contribution in [0.1, 0.15) is 29.2 Å². The average Bonchev–Trinajstić information content (AvgIpc) is 3.23. The second-order valence-corrected chi connectivity index (χ2v) is 8.45. The summed E-state index contributed by atoms with van der Waals surface area (Å²) in [6.45, 7) is 3.27. The first-order valence-corrected chi connectivity index (χ1v) is 11.1. The highest BCUT2D eigenvalue weighted by molar-refractivity contribution is 5.99. The van der Waals surface area contributed by atoms with E-state index in [9.17, 15) is 14.4 Å². The van der Waals surface area contributed by atoms with Gasteiger partial charge in [-0.1, -0.05) is 18.2 Å². The summed E-state index contributed by atoms with van der Waals surface area (Å²) in [5.74, 6) is -0.659. The Balaban J connectivity index is 1.90. The molecule has 1 aliphatic rings. The average molecular weight is 461 g/mol. The van der Waals surface area contributed by atoms with Gasteiger partial charge in [0.2, 0.25) is 5.91 Å². The highest BCUT2D eigenvalue weighted by Gasteiger charge is 2.29. The highest BCUT2D eigenvalue weighted by Crippen LogP contribution is 2.35. The molecule has 176 valence electrons. The molecule has 0 saturated carbocycles. The van der Waals surface area contributed by atoms with Gasteiger partial charge in [0.05, 0.1) is 35.7 Å². The molecule has 0 bridgehead atoms. The van der Waals surface area contributed by atoms with Gasteiger partial charge in [-0.3, -0.25) is 9.79 Å². The van der Waals surface area contributed by atoms with Crippen molar-refractivity contribution in [3.63, 3.8) is 0 Å². The summed E-state index contributed by atoms with van der Waals surface area (Å²) < 4.78 is 14.0. The number of likely N-dealkylation sites (N-methyl/N-ethyl adjacent to an activating group) is 1. The van der Waals surface area contributed by atoms with Crippen LogP contribution >= 0.6 is 0 Å². The Kier molecular flexibility index (Phi) is 8.28. The molecule has 2 aromatic carbocycles. The second kappa shape index (κ2) is 11.3. The number of carbonyl (C=O) groups is 1. The fraction of sp³-hybridized carbons (Fsp3) is 0.308. The highest BCUT2D eigenvalue weighted by atomic mass is 19.1. The molecule has 0 aliphatic carbocycles. The summed E-state index contributed by atoms with van der Waals surface area (Å²) in [5, 5.41) is 9.84. The molecule has 0 radical (unpaired) electrons. The van der Waals surface area contributed by atoms with E-state index in [1.807, 2.05) is 27.1 Å². The molecule has 0 spiro atoms. The Morgan fingerprint density at radius 1 is 1.35 bits per heavy atom. The Hall–Kier alpha value is -3.83. The number of nitriles is 1. The van der Waals surface area contributed by atoms with Gasteiger partial charge >= 0.3 is 0 Å². The van der Waals surface area contributed by atoms with E-state index in [1.165, 1.54) is 12.4 Å². The van der Waals surface area contributed by atoms with E-state index in [0.29, 0.717) is 41.0 Å². The molecule has 1 unspecified atom stereocenters. The lowest BCUT2D eigenvalue weighted by molar-refractivity contribution is -0.117. The van der Waals surface area contributed by atoms with Gasteiger partial charge in [0.1, 0.15) is 11.9 Å². The lowest BCUT2D eigenvalue weighted by atomic mass is 10.0. The van der Waals surface area contributed by atoms with Crippen LogP contribution in [0.5, 0.6) is 0 Å². The third kappa shape index (κ3) is 5.94. The van der Waals surface area contributed by atoms with E-state index >= 15 is 0 Å². The van der Waals surface area contributed by atoms with Crippen LogP contribution in [0.2, 0.25) is 0 Å². The van der Waals surface area contributed by atoms with E-state index in [0.717, 1.165) is 12.1 Å². The zero-order valence-electron chi connectivity index (χ0n) is 19.7. The summed E-state index contributed by atoms with van der Waals surface area (Å²) >= 11 is 0. The number of rotatable bonds is 8. The van der Waals surface area contributed by atoms with Crippen molar-refractivity contribution in [3.05, 3.63) is 70.5 Å². The SMILES string of the molecule is CC(CN(C)C)N=C/C=C(\N=CN)c1cc(C#N)c2c(c1)CCN2C(=O)Cc1ccccc1F. The molecule has 0 aromatic heterocycles. The first-order chi connectivity index (χ1) is 16.3. The molecule has 1 heterocycles. The number of hydrogen-bond donors (Lipinski definition) is 1. The Labute approximate surface area is 199 Å². The van der Waals surface area contributed by atoms with E-state index in [2.05, 4.69) is 21.0 Å². The van der Waals surface area contributed by atoms with Crippen LogP contribution < -0.4 is 10.6 Å². The van der Waals surface area contributed by atoms with E-state index < -0.39 is 5.82 Å². The number of hydrogen-bond acceptors (Lipinski definition) is 5. The van der Waals surface area contributed by atoms with Crippen molar-refractivity contribution in [1.29, 1.82) is 5.26 Å². The number of benzene rings is 2. The zero-order valence-corrected chi connectivity index (χ0v) is 19.7. The van der Waals surface area contributed by atoms with Crippen molar-refractivity contribution in [3.8, 4) is 6.07 Å². The zero-order chi connectivity index (χ0) is 24.7. The molecule has 34 heavy (non-hydrogen) atoms. The predicted octanol–water partition coefficient (Wildman–Crippen LogP) is 3.18. The van der Waals surface area contributed by atoms with Gasteiger partial charge in [0.15, 0.2) is 0 Å². The van der Waals surface area contributed by atoms with Gasteiger partial charge in [-0.2, -0.15) is 5.26 Å². The van der Waals surface area contributed by atoms with Crippen LogP contribution in [0.25, 0.3) is 5.70 Å². The third-order valence-electron chi connectivity index (χ3n) is 5.50. The first kappa shape index (κ1) is 24.8. The molecule has 7 nitrogen and oxygen atoms in total. The molecule has 0 saturated heterocycles. The molecule has 2 N–H and O–H groups in total. The molecule has 0 fully saturated rings. The normalized spacial score (nSPS) is 14.7. The second-order valence-electron chi connectivity index (χ2n) is 8.45. The Morgan fingerprint density at radius 3 is 2.79 bits per heavy atom. The van der Waals surface area contributed by atoms with Crippen LogP contribution in [0.4, 0.5) is 10.1 Å². The lowest BCUT2D eigenvalue weighted by Crippen LogP contribution is -2.31. The van der Waals surface area contributed by atoms with Crippen LogP contribution in [0.3, 0.4) is 0 Å². The quantitative estimate of drug-likeness (QED) is 0.483. The van der Waals surface area contributed by atoms with Gasteiger partial charge in [0, 0.05) is 24.9 Å². The van der Waals surface area contributed by atoms with Crippen LogP contribution in [0, 0.1) is 17.1 Å². The van der Waals surface area contributed by atoms with E-state index in [4.69, 9.17) is 5.73 Å². The lowest BCUT2D eigenvalue weighted by Gasteiger charge is -2.19. The molecule has 1 atom stereocenters. The first-order valence-electron chi connectivity index (χ1n) is 11.1. The third-order valence-corrected chi connectivity index (χ3v) is 5.50. The minimum Gasteiger partial charge on any atom is -0.390 e. The van der Waals surface area contributed by atoms with E-state index in [1.54, 1.807) is 41.5 Å². The largest absolute Gasteiger partial charge is 0.390 e. The van der Waals surface area contributed by atoms with Gasteiger partial charge in [-0.15, -0.1) is 0 Å². The molecule has 3 rings (SSSR count). The summed E-state index contributed by atoms with van der Waals surface area (Å²) in [6.07, 6.45) is 5.18. The molecule has 8 heteroatoms. The molecule has 1 amide bonds. The minimum absolute atomic E-state index is 0.0665. The molecule has 2 aromatic rings. The summed E-state index contributed by atoms with van der Waals surface area (Å²) in [4.78, 5) is 25.4. The van der Waals surface area contributed by atoms with Crippen molar-refractivity contribution in [2.45, 2.75) is 25.8 Å². The number of anilines is 1. The van der Waals surface area contributed by atoms with Crippen molar-refractivity contribution >= 4 is 29.8 Å². The summed E-state index contributed by atoms with van der Waals surface area (Å²) in [5.41, 5.74) is 8.99. The fourth-order valence-electron chi connectivity index (χ4n) is 4.06. The number of halogens is 1. The Morgan fingerprint density at radius 2 is 2.12 bits per heavy atom. The van der Waals surface area contributed by atoms with Crippen molar-refractivity contribution in [2.75, 3.05) is 32.1 Å². The number of allylic oxidation sites excluding steroid dienone is 1. The summed E-state index contributed by atoms with van der Waals surface area (Å²) in [6, 6.07) is 12.2. The number of nitrogens with zero attached hydrogens (tertiary/aromatic N) is 5. The van der Waals surface area contributed by atoms with E-state index in [-0.39, 0.29) is 18.4 Å². The van der Waals surface area contributed by atoms with Crippen LogP contribution in [0.15, 0.2) is 52.5 Å². The number of amides is 1. The summed E-state index contributed by atoms with van der Waals surface area (Å²) in [7, 11) is 3.98. The maximum Gasteiger partial charge on any atom is 0.231 e. The fourth-order valence-corrected chi connectivity index (χ4v) is 4.06. The van der Waals surface area contributed by atoms with Gasteiger partial charge in [-0.25, -0.2) is 9.38 Å². The Bertz CT molecular complexity index is 1180. The number of nitrogens with two attached hydrogens (primary N) is 1. The van der Waals surface area contributed by atoms with Gasteiger partial charge in [0.25, 0.3) is 0 Å². The van der Waals surface area contributed by atoms with Crippen molar-refractivity contribution in [2.24, 2.45) is 15.7 Å².